The maximum Gasteiger partial charge on any atom is 0.0481 e. The third-order valence-electron chi connectivity index (χ3n) is 7.42. The van der Waals surface area contributed by atoms with E-state index in [9.17, 15) is 0 Å². The van der Waals surface area contributed by atoms with E-state index >= 15 is 0 Å². The Labute approximate surface area is 201 Å². The van der Waals surface area contributed by atoms with Crippen molar-refractivity contribution < 1.29 is 0 Å². The van der Waals surface area contributed by atoms with Crippen molar-refractivity contribution in [2.24, 2.45) is 0 Å². The topological polar surface area (TPSA) is 3.24 Å². The van der Waals surface area contributed by atoms with E-state index in [1.165, 1.54) is 61.4 Å². The molecule has 0 N–H and O–H groups in total. The number of anilines is 2. The number of hydrogen-bond acceptors (Lipinski definition) is 1. The molecule has 0 aliphatic heterocycles. The van der Waals surface area contributed by atoms with E-state index in [2.05, 4.69) is 120 Å². The van der Waals surface area contributed by atoms with E-state index < -0.39 is 0 Å². The summed E-state index contributed by atoms with van der Waals surface area (Å²) in [6.07, 6.45) is 1.98. The number of nitrogens with zero attached hydrogens (tertiary/aromatic N) is 1. The summed E-state index contributed by atoms with van der Waals surface area (Å²) in [4.78, 5) is 2.56. The highest BCUT2D eigenvalue weighted by Gasteiger charge is 2.27. The predicted octanol–water partition coefficient (Wildman–Crippen LogP) is 8.17. The number of hydrogen-bond donors (Lipinski definition) is 0. The van der Waals surface area contributed by atoms with Crippen LogP contribution < -0.4 is 4.90 Å². The minimum absolute atomic E-state index is 0.848. The van der Waals surface area contributed by atoms with Gasteiger partial charge in [-0.1, -0.05) is 103 Å². The summed E-state index contributed by atoms with van der Waals surface area (Å²) in [7, 11) is 0. The molecule has 5 aromatic rings. The molecule has 1 nitrogen and oxygen atoms in total. The van der Waals surface area contributed by atoms with Crippen molar-refractivity contribution in [2.75, 3.05) is 4.90 Å². The molecule has 34 heavy (non-hydrogen) atoms. The number of rotatable bonds is 4. The molecule has 0 fully saturated rings. The molecule has 0 unspecified atom stereocenters. The van der Waals surface area contributed by atoms with Gasteiger partial charge in [0.2, 0.25) is 0 Å². The van der Waals surface area contributed by atoms with Gasteiger partial charge in [-0.3, -0.25) is 0 Å². The minimum atomic E-state index is 0.848. The van der Waals surface area contributed by atoms with Crippen LogP contribution in [0.2, 0.25) is 0 Å². The SMILES string of the molecule is c1ccc(CN(c2cccc3c2Cc2ccccc2-3)c2cccc3c2Cc2ccccc2-3)cc1. The van der Waals surface area contributed by atoms with E-state index in [4.69, 9.17) is 0 Å². The second kappa shape index (κ2) is 7.74. The second-order valence-electron chi connectivity index (χ2n) is 9.35. The summed E-state index contributed by atoms with van der Waals surface area (Å²) < 4.78 is 0. The van der Waals surface area contributed by atoms with Crippen LogP contribution in [0.4, 0.5) is 11.4 Å². The van der Waals surface area contributed by atoms with E-state index in [1.54, 1.807) is 0 Å². The standard InChI is InChI=1S/C33H25N/c1-2-10-23(11-3-1)22-34(32-18-8-16-28-26-14-6-4-12-24(26)20-30(28)32)33-19-9-17-29-27-15-7-5-13-25(27)21-31(29)33/h1-19H,20-22H2. The summed E-state index contributed by atoms with van der Waals surface area (Å²) in [5.41, 5.74) is 15.2. The van der Waals surface area contributed by atoms with Gasteiger partial charge in [0, 0.05) is 30.8 Å². The van der Waals surface area contributed by atoms with Gasteiger partial charge in [0.25, 0.3) is 0 Å². The molecule has 5 aromatic carbocycles. The van der Waals surface area contributed by atoms with Crippen LogP contribution in [-0.2, 0) is 19.4 Å². The van der Waals surface area contributed by atoms with Gasteiger partial charge < -0.3 is 4.90 Å². The average Bonchev–Trinajstić information content (AvgIpc) is 3.47. The zero-order chi connectivity index (χ0) is 22.5. The van der Waals surface area contributed by atoms with Gasteiger partial charge in [-0.25, -0.2) is 0 Å². The van der Waals surface area contributed by atoms with Crippen LogP contribution in [0.1, 0.15) is 27.8 Å². The maximum atomic E-state index is 2.56. The Morgan fingerprint density at radius 1 is 0.441 bits per heavy atom. The molecule has 2 aliphatic carbocycles. The molecule has 2 aliphatic rings. The fraction of sp³-hybridized carbons (Fsp3) is 0.0909. The maximum absolute atomic E-state index is 2.56. The van der Waals surface area contributed by atoms with Crippen molar-refractivity contribution in [1.29, 1.82) is 0 Å². The first-order valence-corrected chi connectivity index (χ1v) is 12.1. The molecule has 7 rings (SSSR count). The van der Waals surface area contributed by atoms with Crippen LogP contribution in [0.5, 0.6) is 0 Å². The van der Waals surface area contributed by atoms with Gasteiger partial charge in [-0.2, -0.15) is 0 Å². The van der Waals surface area contributed by atoms with Gasteiger partial charge >= 0.3 is 0 Å². The van der Waals surface area contributed by atoms with Crippen LogP contribution >= 0.6 is 0 Å². The highest BCUT2D eigenvalue weighted by atomic mass is 15.1. The summed E-state index contributed by atoms with van der Waals surface area (Å²) in [6.45, 7) is 0.848. The molecular weight excluding hydrogens is 410 g/mol. The van der Waals surface area contributed by atoms with Crippen LogP contribution in [0.25, 0.3) is 22.3 Å². The molecule has 1 heteroatoms. The molecule has 0 atom stereocenters. The fourth-order valence-electron chi connectivity index (χ4n) is 5.85. The van der Waals surface area contributed by atoms with Crippen molar-refractivity contribution in [1.82, 2.24) is 0 Å². The zero-order valence-corrected chi connectivity index (χ0v) is 19.0. The molecule has 0 heterocycles. The average molecular weight is 436 g/mol. The van der Waals surface area contributed by atoms with Crippen LogP contribution in [0, 0.1) is 0 Å². The molecule has 0 saturated heterocycles. The van der Waals surface area contributed by atoms with Crippen molar-refractivity contribution in [3.8, 4) is 22.3 Å². The fourth-order valence-corrected chi connectivity index (χ4v) is 5.85. The molecular formula is C33H25N. The van der Waals surface area contributed by atoms with E-state index in [-0.39, 0.29) is 0 Å². The summed E-state index contributed by atoms with van der Waals surface area (Å²) in [5.74, 6) is 0. The van der Waals surface area contributed by atoms with Crippen molar-refractivity contribution >= 4 is 11.4 Å². The van der Waals surface area contributed by atoms with Gasteiger partial charge in [0.05, 0.1) is 0 Å². The smallest absolute Gasteiger partial charge is 0.0481 e. The Balaban J connectivity index is 1.41. The molecule has 0 spiro atoms. The van der Waals surface area contributed by atoms with E-state index in [0.717, 1.165) is 19.4 Å². The van der Waals surface area contributed by atoms with E-state index in [1.807, 2.05) is 0 Å². The molecule has 0 radical (unpaired) electrons. The summed E-state index contributed by atoms with van der Waals surface area (Å²) >= 11 is 0. The first kappa shape index (κ1) is 19.4. The minimum Gasteiger partial charge on any atom is -0.336 e. The first-order valence-electron chi connectivity index (χ1n) is 12.1. The lowest BCUT2D eigenvalue weighted by Crippen LogP contribution is -2.19. The zero-order valence-electron chi connectivity index (χ0n) is 19.0. The summed E-state index contributed by atoms with van der Waals surface area (Å²) in [5, 5.41) is 0. The van der Waals surface area contributed by atoms with Gasteiger partial charge in [0.1, 0.15) is 0 Å². The Morgan fingerprint density at radius 2 is 0.912 bits per heavy atom. The van der Waals surface area contributed by atoms with Crippen molar-refractivity contribution in [3.63, 3.8) is 0 Å². The van der Waals surface area contributed by atoms with Crippen LogP contribution in [-0.4, -0.2) is 0 Å². The van der Waals surface area contributed by atoms with Gasteiger partial charge in [-0.05, 0) is 62.2 Å². The Hall–Kier alpha value is -4.10. The molecule has 162 valence electrons. The molecule has 0 aromatic heterocycles. The number of benzene rings is 5. The highest BCUT2D eigenvalue weighted by molar-refractivity contribution is 5.88. The quantitative estimate of drug-likeness (QED) is 0.269. The Kier molecular flexibility index (Phi) is 4.41. The van der Waals surface area contributed by atoms with Crippen LogP contribution in [0.3, 0.4) is 0 Å². The lowest BCUT2D eigenvalue weighted by Gasteiger charge is -2.29. The van der Waals surface area contributed by atoms with Gasteiger partial charge in [0.15, 0.2) is 0 Å². The molecule has 0 saturated carbocycles. The lowest BCUT2D eigenvalue weighted by molar-refractivity contribution is 0.955. The monoisotopic (exact) mass is 435 g/mol. The van der Waals surface area contributed by atoms with E-state index in [0.29, 0.717) is 0 Å². The van der Waals surface area contributed by atoms with Gasteiger partial charge in [-0.15, -0.1) is 0 Å². The largest absolute Gasteiger partial charge is 0.336 e. The van der Waals surface area contributed by atoms with Crippen LogP contribution in [0.15, 0.2) is 115 Å². The molecule has 0 bridgehead atoms. The highest BCUT2D eigenvalue weighted by Crippen LogP contribution is 2.47. The van der Waals surface area contributed by atoms with Crippen molar-refractivity contribution in [3.05, 3.63) is 143 Å². The lowest BCUT2D eigenvalue weighted by atomic mass is 10.0. The van der Waals surface area contributed by atoms with Crippen molar-refractivity contribution in [2.45, 2.75) is 19.4 Å². The third-order valence-corrected chi connectivity index (χ3v) is 7.42. The second-order valence-corrected chi connectivity index (χ2v) is 9.35. The first-order chi connectivity index (χ1) is 16.9. The number of fused-ring (bicyclic) bond motifs is 6. The normalized spacial score (nSPS) is 12.6. The Morgan fingerprint density at radius 3 is 1.47 bits per heavy atom. The third kappa shape index (κ3) is 3.01. The molecule has 0 amide bonds. The summed E-state index contributed by atoms with van der Waals surface area (Å²) in [6, 6.07) is 42.2. The predicted molar refractivity (Wildman–Crippen MR) is 142 cm³/mol. The Bertz CT molecular complexity index is 1430.